The first-order valence-electron chi connectivity index (χ1n) is 5.41. The highest BCUT2D eigenvalue weighted by molar-refractivity contribution is 7.88. The number of hydrogen-bond acceptors (Lipinski definition) is 4. The lowest BCUT2D eigenvalue weighted by atomic mass is 10.2. The van der Waals surface area contributed by atoms with Crippen LogP contribution >= 0.6 is 0 Å². The molecule has 0 saturated carbocycles. The van der Waals surface area contributed by atoms with Crippen LogP contribution in [0.15, 0.2) is 24.3 Å². The van der Waals surface area contributed by atoms with E-state index >= 15 is 0 Å². The fraction of sp³-hybridized carbons (Fsp3) is 0.364. The van der Waals surface area contributed by atoms with Gasteiger partial charge in [0.25, 0.3) is 0 Å². The maximum Gasteiger partial charge on any atom is 0.219 e. The van der Waals surface area contributed by atoms with Gasteiger partial charge < -0.3 is 11.5 Å². The summed E-state index contributed by atoms with van der Waals surface area (Å²) < 4.78 is 26.0. The van der Waals surface area contributed by atoms with Crippen LogP contribution in [0.5, 0.6) is 0 Å². The van der Waals surface area contributed by atoms with E-state index in [0.29, 0.717) is 11.3 Å². The van der Waals surface area contributed by atoms with E-state index in [1.165, 1.54) is 0 Å². The molecule has 0 aliphatic heterocycles. The van der Waals surface area contributed by atoms with E-state index < -0.39 is 22.0 Å². The Morgan fingerprint density at radius 3 is 2.39 bits per heavy atom. The van der Waals surface area contributed by atoms with Gasteiger partial charge >= 0.3 is 0 Å². The molecule has 1 atom stereocenters. The lowest BCUT2D eigenvalue weighted by Crippen LogP contribution is -2.36. The number of benzene rings is 1. The number of carbonyl (C=O) groups is 1. The Kier molecular flexibility index (Phi) is 4.69. The quantitative estimate of drug-likeness (QED) is 0.629. The molecule has 0 aliphatic carbocycles. The number of rotatable bonds is 6. The molecule has 6 nitrogen and oxygen atoms in total. The summed E-state index contributed by atoms with van der Waals surface area (Å²) in [6.45, 7) is 1.59. The van der Waals surface area contributed by atoms with Gasteiger partial charge in [-0.25, -0.2) is 13.1 Å². The third kappa shape index (κ3) is 5.15. The zero-order valence-electron chi connectivity index (χ0n) is 10.1. The molecule has 0 bridgehead atoms. The van der Waals surface area contributed by atoms with Gasteiger partial charge in [0.1, 0.15) is 0 Å². The third-order valence-corrected chi connectivity index (χ3v) is 3.70. The number of primary amides is 1. The number of nitrogen functional groups attached to an aromatic ring is 1. The average Bonchev–Trinajstić information content (AvgIpc) is 2.18. The highest BCUT2D eigenvalue weighted by Crippen LogP contribution is 2.09. The summed E-state index contributed by atoms with van der Waals surface area (Å²) in [5.41, 5.74) is 11.7. The van der Waals surface area contributed by atoms with E-state index in [9.17, 15) is 13.2 Å². The zero-order valence-corrected chi connectivity index (χ0v) is 10.9. The van der Waals surface area contributed by atoms with Gasteiger partial charge in [0, 0.05) is 18.2 Å². The van der Waals surface area contributed by atoms with Gasteiger partial charge in [0.15, 0.2) is 0 Å². The molecule has 1 unspecified atom stereocenters. The van der Waals surface area contributed by atoms with Crippen LogP contribution in [0.2, 0.25) is 0 Å². The van der Waals surface area contributed by atoms with E-state index in [0.717, 1.165) is 0 Å². The van der Waals surface area contributed by atoms with Crippen molar-refractivity contribution in [1.29, 1.82) is 0 Å². The van der Waals surface area contributed by atoms with Crippen LogP contribution in [0.4, 0.5) is 5.69 Å². The van der Waals surface area contributed by atoms with Gasteiger partial charge in [-0.2, -0.15) is 0 Å². The predicted molar refractivity (Wildman–Crippen MR) is 69.9 cm³/mol. The predicted octanol–water partition coefficient (Wildman–Crippen LogP) is -0.0479. The van der Waals surface area contributed by atoms with Crippen LogP contribution in [0.1, 0.15) is 18.9 Å². The maximum absolute atomic E-state index is 11.8. The summed E-state index contributed by atoms with van der Waals surface area (Å²) >= 11 is 0. The molecule has 18 heavy (non-hydrogen) atoms. The van der Waals surface area contributed by atoms with Gasteiger partial charge in [-0.05, 0) is 24.6 Å². The molecule has 1 aromatic carbocycles. The summed E-state index contributed by atoms with van der Waals surface area (Å²) in [7, 11) is -3.49. The zero-order chi connectivity index (χ0) is 13.8. The fourth-order valence-corrected chi connectivity index (χ4v) is 2.94. The molecular weight excluding hydrogens is 254 g/mol. The minimum Gasteiger partial charge on any atom is -0.399 e. The van der Waals surface area contributed by atoms with E-state index in [1.54, 1.807) is 31.2 Å². The summed E-state index contributed by atoms with van der Waals surface area (Å²) in [6.07, 6.45) is -0.0268. The molecule has 0 fully saturated rings. The van der Waals surface area contributed by atoms with Gasteiger partial charge in [-0.3, -0.25) is 4.79 Å². The fourth-order valence-electron chi connectivity index (χ4n) is 1.52. The highest BCUT2D eigenvalue weighted by atomic mass is 32.2. The number of sulfonamides is 1. The number of amides is 1. The highest BCUT2D eigenvalue weighted by Gasteiger charge is 2.16. The second-order valence-electron chi connectivity index (χ2n) is 4.19. The van der Waals surface area contributed by atoms with Crippen molar-refractivity contribution < 1.29 is 13.2 Å². The van der Waals surface area contributed by atoms with Crippen molar-refractivity contribution in [2.75, 3.05) is 5.73 Å². The summed E-state index contributed by atoms with van der Waals surface area (Å²) in [5, 5.41) is 0. The van der Waals surface area contributed by atoms with Crippen LogP contribution in [0, 0.1) is 0 Å². The number of anilines is 1. The van der Waals surface area contributed by atoms with Gasteiger partial charge in [-0.15, -0.1) is 0 Å². The SMILES string of the molecule is CC(CC(N)=O)NS(=O)(=O)Cc1ccc(N)cc1. The van der Waals surface area contributed by atoms with E-state index in [-0.39, 0.29) is 12.2 Å². The molecule has 100 valence electrons. The van der Waals surface area contributed by atoms with Crippen LogP contribution in [0.25, 0.3) is 0 Å². The molecule has 5 N–H and O–H groups in total. The first kappa shape index (κ1) is 14.5. The largest absolute Gasteiger partial charge is 0.399 e. The standard InChI is InChI=1S/C11H17N3O3S/c1-8(6-11(13)15)14-18(16,17)7-9-2-4-10(12)5-3-9/h2-5,8,14H,6-7,12H2,1H3,(H2,13,15). The molecule has 0 aliphatic rings. The average molecular weight is 271 g/mol. The van der Waals surface area contributed by atoms with E-state index in [1.807, 2.05) is 0 Å². The van der Waals surface area contributed by atoms with Gasteiger partial charge in [0.2, 0.25) is 15.9 Å². The molecule has 0 saturated heterocycles. The van der Waals surface area contributed by atoms with E-state index in [2.05, 4.69) is 4.72 Å². The Morgan fingerprint density at radius 2 is 1.89 bits per heavy atom. The van der Waals surface area contributed by atoms with Crippen molar-refractivity contribution in [2.45, 2.75) is 25.1 Å². The molecular formula is C11H17N3O3S. The first-order valence-corrected chi connectivity index (χ1v) is 7.06. The Morgan fingerprint density at radius 1 is 1.33 bits per heavy atom. The van der Waals surface area contributed by atoms with Crippen molar-refractivity contribution in [3.63, 3.8) is 0 Å². The first-order chi connectivity index (χ1) is 8.28. The van der Waals surface area contributed by atoms with Gasteiger partial charge in [-0.1, -0.05) is 12.1 Å². The monoisotopic (exact) mass is 271 g/mol. The number of carbonyl (C=O) groups excluding carboxylic acids is 1. The van der Waals surface area contributed by atoms with Crippen molar-refractivity contribution in [3.05, 3.63) is 29.8 Å². The molecule has 0 aromatic heterocycles. The van der Waals surface area contributed by atoms with Crippen molar-refractivity contribution in [3.8, 4) is 0 Å². The van der Waals surface area contributed by atoms with Crippen molar-refractivity contribution in [2.24, 2.45) is 5.73 Å². The Balaban J connectivity index is 2.64. The molecule has 0 heterocycles. The minimum atomic E-state index is -3.49. The second-order valence-corrected chi connectivity index (χ2v) is 5.94. The normalized spacial score (nSPS) is 13.2. The molecule has 1 aromatic rings. The summed E-state index contributed by atoms with van der Waals surface area (Å²) in [5.74, 6) is -0.700. The van der Waals surface area contributed by atoms with Crippen molar-refractivity contribution in [1.82, 2.24) is 4.72 Å². The smallest absolute Gasteiger partial charge is 0.219 e. The molecule has 7 heteroatoms. The Hall–Kier alpha value is -1.60. The van der Waals surface area contributed by atoms with Crippen LogP contribution < -0.4 is 16.2 Å². The van der Waals surface area contributed by atoms with Crippen LogP contribution in [0.3, 0.4) is 0 Å². The third-order valence-electron chi connectivity index (χ3n) is 2.22. The topological polar surface area (TPSA) is 115 Å². The molecule has 0 radical (unpaired) electrons. The van der Waals surface area contributed by atoms with Crippen molar-refractivity contribution >= 4 is 21.6 Å². The van der Waals surface area contributed by atoms with E-state index in [4.69, 9.17) is 11.5 Å². The van der Waals surface area contributed by atoms with Crippen LogP contribution in [-0.2, 0) is 20.6 Å². The second kappa shape index (κ2) is 5.83. The Bertz CT molecular complexity index is 511. The minimum absolute atomic E-state index is 0.0268. The molecule has 1 rings (SSSR count). The maximum atomic E-state index is 11.8. The number of nitrogens with two attached hydrogens (primary N) is 2. The lowest BCUT2D eigenvalue weighted by Gasteiger charge is -2.12. The summed E-state index contributed by atoms with van der Waals surface area (Å²) in [6, 6.07) is 6.05. The van der Waals surface area contributed by atoms with Gasteiger partial charge in [0.05, 0.1) is 5.75 Å². The molecule has 0 spiro atoms. The number of nitrogens with one attached hydrogen (secondary N) is 1. The lowest BCUT2D eigenvalue weighted by molar-refractivity contribution is -0.118. The van der Waals surface area contributed by atoms with Crippen LogP contribution in [-0.4, -0.2) is 20.4 Å². The number of hydrogen-bond donors (Lipinski definition) is 3. The summed E-state index contributed by atoms with van der Waals surface area (Å²) in [4.78, 5) is 10.7. The Labute approximate surface area is 106 Å². The molecule has 1 amide bonds.